The van der Waals surface area contributed by atoms with Crippen LogP contribution in [0.2, 0.25) is 0 Å². The number of hydrogen-bond acceptors (Lipinski definition) is 2. The second-order valence-electron chi connectivity index (χ2n) is 4.48. The molecular formula is C14H12IN3S. The number of rotatable bonds is 2. The molecule has 0 atom stereocenters. The first-order valence-corrected chi connectivity index (χ1v) is 7.41. The predicted octanol–water partition coefficient (Wildman–Crippen LogP) is 4.06. The second-order valence-corrected chi connectivity index (χ2v) is 6.11. The van der Waals surface area contributed by atoms with Crippen molar-refractivity contribution in [2.24, 2.45) is 0 Å². The number of aryl methyl sites for hydroxylation is 1. The average Bonchev–Trinajstić information content (AvgIpc) is 2.68. The van der Waals surface area contributed by atoms with Crippen molar-refractivity contribution in [3.8, 4) is 0 Å². The molecule has 0 aliphatic carbocycles. The Morgan fingerprint density at radius 2 is 2.21 bits per heavy atom. The van der Waals surface area contributed by atoms with Crippen molar-refractivity contribution in [1.82, 2.24) is 14.5 Å². The third-order valence-corrected chi connectivity index (χ3v) is 4.19. The highest BCUT2D eigenvalue weighted by Gasteiger charge is 2.06. The third kappa shape index (κ3) is 2.44. The van der Waals surface area contributed by atoms with Crippen LogP contribution in [0.4, 0.5) is 0 Å². The van der Waals surface area contributed by atoms with Gasteiger partial charge in [-0.15, -0.1) is 0 Å². The molecule has 1 N–H and O–H groups in total. The van der Waals surface area contributed by atoms with Gasteiger partial charge < -0.3 is 9.55 Å². The number of nitrogens with one attached hydrogen (secondary N) is 1. The van der Waals surface area contributed by atoms with Crippen LogP contribution in [0.3, 0.4) is 0 Å². The Hall–Kier alpha value is -1.21. The molecule has 3 aromatic rings. The lowest BCUT2D eigenvalue weighted by Crippen LogP contribution is -2.01. The summed E-state index contributed by atoms with van der Waals surface area (Å²) >= 11 is 7.73. The summed E-state index contributed by atoms with van der Waals surface area (Å²) in [6.07, 6.45) is 3.71. The monoisotopic (exact) mass is 381 g/mol. The van der Waals surface area contributed by atoms with Crippen LogP contribution in [0.1, 0.15) is 11.1 Å². The van der Waals surface area contributed by atoms with Crippen LogP contribution in [0.15, 0.2) is 36.7 Å². The van der Waals surface area contributed by atoms with Gasteiger partial charge in [-0.2, -0.15) is 0 Å². The van der Waals surface area contributed by atoms with Crippen LogP contribution < -0.4 is 0 Å². The number of halogens is 1. The lowest BCUT2D eigenvalue weighted by atomic mass is 10.1. The van der Waals surface area contributed by atoms with Gasteiger partial charge in [-0.05, 0) is 77.1 Å². The Morgan fingerprint density at radius 1 is 1.37 bits per heavy atom. The molecule has 19 heavy (non-hydrogen) atoms. The molecule has 3 nitrogen and oxygen atoms in total. The van der Waals surface area contributed by atoms with Gasteiger partial charge in [-0.25, -0.2) is 0 Å². The fourth-order valence-corrected chi connectivity index (χ4v) is 2.91. The first kappa shape index (κ1) is 12.8. The van der Waals surface area contributed by atoms with Crippen LogP contribution in [0.5, 0.6) is 0 Å². The molecular weight excluding hydrogens is 369 g/mol. The van der Waals surface area contributed by atoms with E-state index in [2.05, 4.69) is 62.2 Å². The van der Waals surface area contributed by atoms with E-state index in [4.69, 9.17) is 12.2 Å². The zero-order valence-electron chi connectivity index (χ0n) is 10.4. The maximum Gasteiger partial charge on any atom is 0.178 e. The Bertz CT molecular complexity index is 804. The van der Waals surface area contributed by atoms with Gasteiger partial charge >= 0.3 is 0 Å². The number of nitrogens with zero attached hydrogens (tertiary/aromatic N) is 2. The Balaban J connectivity index is 2.13. The number of hydrogen-bond donors (Lipinski definition) is 1. The minimum absolute atomic E-state index is 0.758. The summed E-state index contributed by atoms with van der Waals surface area (Å²) in [5.74, 6) is 0. The van der Waals surface area contributed by atoms with Crippen LogP contribution in [0.25, 0.3) is 11.0 Å². The van der Waals surface area contributed by atoms with E-state index in [0.29, 0.717) is 0 Å². The summed E-state index contributed by atoms with van der Waals surface area (Å²) in [7, 11) is 0. The van der Waals surface area contributed by atoms with E-state index in [0.717, 1.165) is 22.3 Å². The number of fused-ring (bicyclic) bond motifs is 1. The van der Waals surface area contributed by atoms with Gasteiger partial charge in [-0.1, -0.05) is 0 Å². The topological polar surface area (TPSA) is 33.6 Å². The molecule has 2 heterocycles. The number of H-pyrrole nitrogens is 1. The maximum absolute atomic E-state index is 5.43. The second kappa shape index (κ2) is 5.05. The molecule has 0 bridgehead atoms. The number of pyridine rings is 1. The molecule has 2 aromatic heterocycles. The van der Waals surface area contributed by atoms with E-state index in [-0.39, 0.29) is 0 Å². The van der Waals surface area contributed by atoms with Gasteiger partial charge in [0, 0.05) is 16.0 Å². The van der Waals surface area contributed by atoms with Crippen LogP contribution in [0, 0.1) is 15.3 Å². The quantitative estimate of drug-likeness (QED) is 0.537. The largest absolute Gasteiger partial charge is 0.331 e. The molecule has 0 aliphatic rings. The lowest BCUT2D eigenvalue weighted by Gasteiger charge is -2.07. The van der Waals surface area contributed by atoms with Gasteiger partial charge in [0.1, 0.15) is 0 Å². The maximum atomic E-state index is 5.43. The van der Waals surface area contributed by atoms with Crippen molar-refractivity contribution in [3.05, 3.63) is 56.1 Å². The molecule has 0 aliphatic heterocycles. The molecule has 0 saturated heterocycles. The molecule has 5 heteroatoms. The van der Waals surface area contributed by atoms with Crippen molar-refractivity contribution >= 4 is 45.8 Å². The molecule has 0 amide bonds. The highest BCUT2D eigenvalue weighted by Crippen LogP contribution is 2.19. The SMILES string of the molecule is Cc1cnccc1Cn1c(=S)[nH]c2cc(I)ccc21. The highest BCUT2D eigenvalue weighted by molar-refractivity contribution is 14.1. The number of imidazole rings is 1. The molecule has 96 valence electrons. The van der Waals surface area contributed by atoms with Gasteiger partial charge in [0.05, 0.1) is 17.6 Å². The average molecular weight is 381 g/mol. The van der Waals surface area contributed by atoms with Crippen LogP contribution in [-0.2, 0) is 6.54 Å². The summed E-state index contributed by atoms with van der Waals surface area (Å²) < 4.78 is 4.09. The molecule has 0 spiro atoms. The van der Waals surface area contributed by atoms with E-state index in [1.807, 2.05) is 18.5 Å². The summed E-state index contributed by atoms with van der Waals surface area (Å²) in [5.41, 5.74) is 4.65. The first-order valence-electron chi connectivity index (χ1n) is 5.93. The third-order valence-electron chi connectivity index (χ3n) is 3.20. The minimum atomic E-state index is 0.758. The number of benzene rings is 1. The van der Waals surface area contributed by atoms with Gasteiger partial charge in [0.25, 0.3) is 0 Å². The zero-order valence-corrected chi connectivity index (χ0v) is 13.3. The standard InChI is InChI=1S/C14H12IN3S/c1-9-7-16-5-4-10(9)8-18-13-3-2-11(15)6-12(13)17-14(18)19/h2-7H,8H2,1H3,(H,17,19). The number of aromatic nitrogens is 3. The van der Waals surface area contributed by atoms with Gasteiger partial charge in [-0.3, -0.25) is 4.98 Å². The van der Waals surface area contributed by atoms with Crippen molar-refractivity contribution in [1.29, 1.82) is 0 Å². The molecule has 0 radical (unpaired) electrons. The Labute approximate surface area is 129 Å². The van der Waals surface area contributed by atoms with Crippen LogP contribution in [-0.4, -0.2) is 14.5 Å². The fraction of sp³-hybridized carbons (Fsp3) is 0.143. The van der Waals surface area contributed by atoms with Crippen LogP contribution >= 0.6 is 34.8 Å². The molecule has 0 unspecified atom stereocenters. The smallest absolute Gasteiger partial charge is 0.178 e. The molecule has 0 fully saturated rings. The predicted molar refractivity (Wildman–Crippen MR) is 87.9 cm³/mol. The summed E-state index contributed by atoms with van der Waals surface area (Å²) in [5, 5.41) is 0. The Morgan fingerprint density at radius 3 is 3.00 bits per heavy atom. The van der Waals surface area contributed by atoms with Crippen molar-refractivity contribution in [3.63, 3.8) is 0 Å². The minimum Gasteiger partial charge on any atom is -0.331 e. The molecule has 0 saturated carbocycles. The number of aromatic amines is 1. The van der Waals surface area contributed by atoms with Crippen molar-refractivity contribution in [2.45, 2.75) is 13.5 Å². The zero-order chi connectivity index (χ0) is 13.4. The first-order chi connectivity index (χ1) is 9.15. The van der Waals surface area contributed by atoms with Crippen molar-refractivity contribution < 1.29 is 0 Å². The van der Waals surface area contributed by atoms with Gasteiger partial charge in [0.15, 0.2) is 4.77 Å². The lowest BCUT2D eigenvalue weighted by molar-refractivity contribution is 0.803. The van der Waals surface area contributed by atoms with Gasteiger partial charge in [0.2, 0.25) is 0 Å². The van der Waals surface area contributed by atoms with E-state index < -0.39 is 0 Å². The molecule has 3 rings (SSSR count). The van der Waals surface area contributed by atoms with Crippen molar-refractivity contribution in [2.75, 3.05) is 0 Å². The summed E-state index contributed by atoms with van der Waals surface area (Å²) in [6, 6.07) is 8.37. The Kier molecular flexibility index (Phi) is 3.40. The van der Waals surface area contributed by atoms with E-state index in [1.54, 1.807) is 0 Å². The highest BCUT2D eigenvalue weighted by atomic mass is 127. The fourth-order valence-electron chi connectivity index (χ4n) is 2.14. The van der Waals surface area contributed by atoms with E-state index >= 15 is 0 Å². The molecule has 1 aromatic carbocycles. The summed E-state index contributed by atoms with van der Waals surface area (Å²) in [4.78, 5) is 7.39. The normalized spacial score (nSPS) is 11.1. The summed E-state index contributed by atoms with van der Waals surface area (Å²) in [6.45, 7) is 2.84. The van der Waals surface area contributed by atoms with E-state index in [9.17, 15) is 0 Å². The van der Waals surface area contributed by atoms with E-state index in [1.165, 1.54) is 14.7 Å².